The van der Waals surface area contributed by atoms with Crippen LogP contribution in [0.4, 0.5) is 0 Å². The van der Waals surface area contributed by atoms with Gasteiger partial charge in [-0.05, 0) is 18.8 Å². The number of aromatic nitrogens is 4. The molecule has 0 radical (unpaired) electrons. The smallest absolute Gasteiger partial charge is 0.274 e. The van der Waals surface area contributed by atoms with Crippen LogP contribution in [0.25, 0.3) is 0 Å². The fourth-order valence-corrected chi connectivity index (χ4v) is 3.70. The van der Waals surface area contributed by atoms with E-state index in [0.717, 1.165) is 0 Å². The first-order valence-corrected chi connectivity index (χ1v) is 8.13. The summed E-state index contributed by atoms with van der Waals surface area (Å²) in [5.74, 6) is 2.22. The zero-order valence-corrected chi connectivity index (χ0v) is 13.5. The molecule has 4 rings (SSSR count). The molecule has 0 unspecified atom stereocenters. The number of likely N-dealkylation sites (tertiary alicyclic amines) is 1. The van der Waals surface area contributed by atoms with E-state index >= 15 is 0 Å². The minimum Gasteiger partial charge on any atom is -0.381 e. The Morgan fingerprint density at radius 2 is 2.25 bits per heavy atom. The Kier molecular flexibility index (Phi) is 3.97. The Hall–Kier alpha value is -2.35. The van der Waals surface area contributed by atoms with E-state index in [2.05, 4.69) is 20.1 Å². The molecule has 2 fully saturated rings. The van der Waals surface area contributed by atoms with Crippen molar-refractivity contribution in [1.82, 2.24) is 25.0 Å². The van der Waals surface area contributed by atoms with E-state index in [-0.39, 0.29) is 11.8 Å². The molecule has 126 valence electrons. The average Bonchev–Trinajstić information content (AvgIpc) is 3.22. The zero-order valence-electron chi connectivity index (χ0n) is 13.5. The van der Waals surface area contributed by atoms with E-state index in [9.17, 15) is 4.79 Å². The summed E-state index contributed by atoms with van der Waals surface area (Å²) in [7, 11) is 0. The van der Waals surface area contributed by atoms with Crippen molar-refractivity contribution >= 4 is 5.91 Å². The van der Waals surface area contributed by atoms with Crippen LogP contribution in [0.3, 0.4) is 0 Å². The third-order valence-electron chi connectivity index (χ3n) is 4.84. The third-order valence-corrected chi connectivity index (χ3v) is 4.84. The molecule has 0 aliphatic carbocycles. The van der Waals surface area contributed by atoms with Crippen LogP contribution in [0.1, 0.15) is 22.2 Å². The first-order valence-electron chi connectivity index (χ1n) is 8.13. The Balaban J connectivity index is 1.47. The topological polar surface area (TPSA) is 94.2 Å². The van der Waals surface area contributed by atoms with E-state index in [1.165, 1.54) is 6.20 Å². The summed E-state index contributed by atoms with van der Waals surface area (Å²) in [5.41, 5.74) is 0.390. The van der Waals surface area contributed by atoms with Crippen molar-refractivity contribution in [3.8, 4) is 0 Å². The second kappa shape index (κ2) is 6.27. The van der Waals surface area contributed by atoms with Crippen LogP contribution in [-0.2, 0) is 11.2 Å². The summed E-state index contributed by atoms with van der Waals surface area (Å²) in [6, 6.07) is 0. The Bertz CT molecular complexity index is 720. The molecule has 0 spiro atoms. The second-order valence-electron chi connectivity index (χ2n) is 6.46. The van der Waals surface area contributed by atoms with Crippen molar-refractivity contribution in [3.05, 3.63) is 36.0 Å². The molecule has 4 heterocycles. The highest BCUT2D eigenvalue weighted by molar-refractivity contribution is 5.92. The van der Waals surface area contributed by atoms with Gasteiger partial charge in [-0.1, -0.05) is 5.16 Å². The number of carbonyl (C=O) groups excluding carboxylic acids is 1. The van der Waals surface area contributed by atoms with Crippen LogP contribution in [0.15, 0.2) is 23.1 Å². The van der Waals surface area contributed by atoms with E-state index in [1.54, 1.807) is 12.4 Å². The van der Waals surface area contributed by atoms with Crippen LogP contribution < -0.4 is 0 Å². The molecule has 2 aliphatic rings. The lowest BCUT2D eigenvalue weighted by Crippen LogP contribution is -2.36. The summed E-state index contributed by atoms with van der Waals surface area (Å²) in [6.45, 7) is 4.56. The normalized spacial score (nSPS) is 26.4. The number of fused-ring (bicyclic) bond motifs is 1. The van der Waals surface area contributed by atoms with Gasteiger partial charge in [-0.2, -0.15) is 4.98 Å². The van der Waals surface area contributed by atoms with Gasteiger partial charge in [-0.3, -0.25) is 9.78 Å². The van der Waals surface area contributed by atoms with Gasteiger partial charge in [0, 0.05) is 37.8 Å². The maximum atomic E-state index is 12.6. The summed E-state index contributed by atoms with van der Waals surface area (Å²) in [5, 5.41) is 3.84. The highest BCUT2D eigenvalue weighted by Crippen LogP contribution is 2.36. The molecular weight excluding hydrogens is 310 g/mol. The summed E-state index contributed by atoms with van der Waals surface area (Å²) in [6.07, 6.45) is 5.31. The predicted molar refractivity (Wildman–Crippen MR) is 82.0 cm³/mol. The Morgan fingerprint density at radius 1 is 1.33 bits per heavy atom. The number of hydrogen-bond donors (Lipinski definition) is 0. The Labute approximate surface area is 139 Å². The monoisotopic (exact) mass is 329 g/mol. The number of nitrogens with zero attached hydrogens (tertiary/aromatic N) is 5. The summed E-state index contributed by atoms with van der Waals surface area (Å²) < 4.78 is 11.0. The number of rotatable bonds is 3. The van der Waals surface area contributed by atoms with Crippen LogP contribution in [0, 0.1) is 24.7 Å². The van der Waals surface area contributed by atoms with Gasteiger partial charge in [0.05, 0.1) is 19.4 Å². The molecule has 1 amide bonds. The van der Waals surface area contributed by atoms with Gasteiger partial charge in [-0.15, -0.1) is 0 Å². The van der Waals surface area contributed by atoms with E-state index in [4.69, 9.17) is 9.26 Å². The van der Waals surface area contributed by atoms with Crippen molar-refractivity contribution in [2.45, 2.75) is 13.3 Å². The highest BCUT2D eigenvalue weighted by atomic mass is 16.5. The van der Waals surface area contributed by atoms with Gasteiger partial charge in [0.15, 0.2) is 5.82 Å². The molecular formula is C16H19N5O3. The van der Waals surface area contributed by atoms with Crippen molar-refractivity contribution in [3.63, 3.8) is 0 Å². The van der Waals surface area contributed by atoms with Crippen molar-refractivity contribution < 1.29 is 14.1 Å². The van der Waals surface area contributed by atoms with Crippen molar-refractivity contribution in [2.24, 2.45) is 17.8 Å². The van der Waals surface area contributed by atoms with Crippen molar-refractivity contribution in [2.75, 3.05) is 26.3 Å². The maximum absolute atomic E-state index is 12.6. The Morgan fingerprint density at radius 3 is 3.00 bits per heavy atom. The number of carbonyl (C=O) groups is 1. The molecule has 0 saturated carbocycles. The van der Waals surface area contributed by atoms with Crippen LogP contribution >= 0.6 is 0 Å². The lowest BCUT2D eigenvalue weighted by molar-refractivity contribution is -0.0110. The molecule has 2 aromatic rings. The van der Waals surface area contributed by atoms with Gasteiger partial charge in [0.2, 0.25) is 5.89 Å². The van der Waals surface area contributed by atoms with Crippen LogP contribution in [0.5, 0.6) is 0 Å². The number of amides is 1. The molecule has 2 aromatic heterocycles. The highest BCUT2D eigenvalue weighted by Gasteiger charge is 2.43. The van der Waals surface area contributed by atoms with E-state index in [0.29, 0.717) is 62.0 Å². The lowest BCUT2D eigenvalue weighted by atomic mass is 9.81. The molecule has 3 atom stereocenters. The standard InChI is InChI=1S/C16H19N5O3/c1-10-19-15(24-20-10)4-11-8-23-9-12-6-21(7-13(11)12)16(22)14-5-17-2-3-18-14/h2-3,5,11-13H,4,6-9H2,1H3/t11-,12-,13+/m1/s1. The molecule has 2 aliphatic heterocycles. The van der Waals surface area contributed by atoms with Gasteiger partial charge in [0.1, 0.15) is 5.69 Å². The SMILES string of the molecule is Cc1noc(C[C@@H]2COC[C@H]3CN(C(=O)c4cnccn4)C[C@@H]23)n1. The van der Waals surface area contributed by atoms with E-state index < -0.39 is 0 Å². The second-order valence-corrected chi connectivity index (χ2v) is 6.46. The van der Waals surface area contributed by atoms with Gasteiger partial charge in [-0.25, -0.2) is 4.98 Å². The first kappa shape index (κ1) is 15.2. The molecule has 0 bridgehead atoms. The number of ether oxygens (including phenoxy) is 1. The van der Waals surface area contributed by atoms with Gasteiger partial charge in [0.25, 0.3) is 5.91 Å². The molecule has 8 heteroatoms. The third kappa shape index (κ3) is 2.89. The van der Waals surface area contributed by atoms with Crippen LogP contribution in [0.2, 0.25) is 0 Å². The molecule has 8 nitrogen and oxygen atoms in total. The predicted octanol–water partition coefficient (Wildman–Crippen LogP) is 0.745. The largest absolute Gasteiger partial charge is 0.381 e. The maximum Gasteiger partial charge on any atom is 0.274 e. The molecule has 0 aromatic carbocycles. The van der Waals surface area contributed by atoms with E-state index in [1.807, 2.05) is 11.8 Å². The quantitative estimate of drug-likeness (QED) is 0.820. The molecule has 0 N–H and O–H groups in total. The average molecular weight is 329 g/mol. The first-order chi connectivity index (χ1) is 11.7. The van der Waals surface area contributed by atoms with Crippen molar-refractivity contribution in [1.29, 1.82) is 0 Å². The van der Waals surface area contributed by atoms with Crippen LogP contribution in [-0.4, -0.2) is 57.2 Å². The minimum atomic E-state index is -0.0649. The molecule has 24 heavy (non-hydrogen) atoms. The minimum absolute atomic E-state index is 0.0649. The van der Waals surface area contributed by atoms with Gasteiger partial charge < -0.3 is 14.2 Å². The lowest BCUT2D eigenvalue weighted by Gasteiger charge is -2.31. The fraction of sp³-hybridized carbons (Fsp3) is 0.562. The molecule has 2 saturated heterocycles. The zero-order chi connectivity index (χ0) is 16.5. The number of hydrogen-bond acceptors (Lipinski definition) is 7. The fourth-order valence-electron chi connectivity index (χ4n) is 3.70. The number of aryl methyl sites for hydroxylation is 1. The summed E-state index contributed by atoms with van der Waals surface area (Å²) >= 11 is 0. The summed E-state index contributed by atoms with van der Waals surface area (Å²) in [4.78, 5) is 26.8. The van der Waals surface area contributed by atoms with Gasteiger partial charge >= 0.3 is 0 Å².